The van der Waals surface area contributed by atoms with Crippen molar-refractivity contribution in [3.8, 4) is 0 Å². The van der Waals surface area contributed by atoms with E-state index in [9.17, 15) is 9.59 Å². The lowest BCUT2D eigenvalue weighted by Gasteiger charge is -2.39. The highest BCUT2D eigenvalue weighted by Gasteiger charge is 2.27. The third kappa shape index (κ3) is 4.11. The molecule has 4 N–H and O–H groups in total. The fraction of sp³-hybridized carbons (Fsp3) is 0.421. The molecule has 3 rings (SSSR count). The number of aromatic nitrogens is 1. The number of hydrogen-bond acceptors (Lipinski definition) is 5. The highest BCUT2D eigenvalue weighted by Crippen LogP contribution is 2.23. The number of hydrogen-bond donors (Lipinski definition) is 2. The molecule has 2 atom stereocenters. The van der Waals surface area contributed by atoms with E-state index in [0.717, 1.165) is 38.2 Å². The van der Waals surface area contributed by atoms with E-state index in [1.165, 1.54) is 0 Å². The zero-order chi connectivity index (χ0) is 18.5. The number of primary amides is 1. The predicted molar refractivity (Wildman–Crippen MR) is 101 cm³/mol. The van der Waals surface area contributed by atoms with Gasteiger partial charge in [0.2, 0.25) is 12.3 Å². The predicted octanol–water partition coefficient (Wildman–Crippen LogP) is 0.677. The van der Waals surface area contributed by atoms with Gasteiger partial charge in [0, 0.05) is 49.4 Å². The smallest absolute Gasteiger partial charge is 0.248 e. The molecule has 7 heteroatoms. The van der Waals surface area contributed by atoms with E-state index in [4.69, 9.17) is 11.5 Å². The first-order valence-electron chi connectivity index (χ1n) is 8.91. The van der Waals surface area contributed by atoms with Crippen molar-refractivity contribution in [2.45, 2.75) is 24.9 Å². The summed E-state index contributed by atoms with van der Waals surface area (Å²) in [5.41, 5.74) is 11.9. The number of pyridine rings is 1. The van der Waals surface area contributed by atoms with Gasteiger partial charge < -0.3 is 21.3 Å². The molecule has 2 unspecified atom stereocenters. The van der Waals surface area contributed by atoms with Crippen LogP contribution >= 0.6 is 0 Å². The molecule has 26 heavy (non-hydrogen) atoms. The van der Waals surface area contributed by atoms with Crippen molar-refractivity contribution in [3.05, 3.63) is 48.2 Å². The van der Waals surface area contributed by atoms with E-state index < -0.39 is 5.91 Å². The lowest BCUT2D eigenvalue weighted by atomic mass is 9.94. The van der Waals surface area contributed by atoms with Crippen LogP contribution in [0.3, 0.4) is 0 Å². The first-order chi connectivity index (χ1) is 12.6. The topological polar surface area (TPSA) is 106 Å². The minimum Gasteiger partial charge on any atom is -0.366 e. The summed E-state index contributed by atoms with van der Waals surface area (Å²) in [6.45, 7) is 2.18. The van der Waals surface area contributed by atoms with Gasteiger partial charge in [-0.3, -0.25) is 9.59 Å². The van der Waals surface area contributed by atoms with E-state index >= 15 is 0 Å². The number of allylic oxidation sites excluding steroid dienone is 2. The maximum atomic E-state index is 11.6. The van der Waals surface area contributed by atoms with Crippen LogP contribution in [-0.4, -0.2) is 53.9 Å². The Hall–Kier alpha value is -2.67. The van der Waals surface area contributed by atoms with Crippen LogP contribution in [0.4, 0.5) is 5.82 Å². The van der Waals surface area contributed by atoms with Crippen LogP contribution in [-0.2, 0) is 4.79 Å². The van der Waals surface area contributed by atoms with Gasteiger partial charge >= 0.3 is 0 Å². The highest BCUT2D eigenvalue weighted by molar-refractivity contribution is 5.93. The molecular formula is C19H25N5O2. The van der Waals surface area contributed by atoms with Gasteiger partial charge in [0.15, 0.2) is 0 Å². The number of amides is 2. The van der Waals surface area contributed by atoms with Crippen LogP contribution in [0.1, 0.15) is 23.2 Å². The molecule has 2 amide bonds. The third-order valence-electron chi connectivity index (χ3n) is 5.14. The van der Waals surface area contributed by atoms with Crippen molar-refractivity contribution < 1.29 is 9.59 Å². The van der Waals surface area contributed by atoms with Crippen LogP contribution < -0.4 is 16.4 Å². The highest BCUT2D eigenvalue weighted by atomic mass is 16.1. The zero-order valence-electron chi connectivity index (χ0n) is 14.7. The summed E-state index contributed by atoms with van der Waals surface area (Å²) < 4.78 is 0. The van der Waals surface area contributed by atoms with Crippen molar-refractivity contribution in [1.82, 2.24) is 9.88 Å². The molecule has 7 nitrogen and oxygen atoms in total. The molecule has 0 aromatic carbocycles. The van der Waals surface area contributed by atoms with Crippen LogP contribution in [0.2, 0.25) is 0 Å². The average molecular weight is 355 g/mol. The average Bonchev–Trinajstić information content (AvgIpc) is 2.67. The van der Waals surface area contributed by atoms with Gasteiger partial charge in [-0.25, -0.2) is 4.98 Å². The molecule has 1 aliphatic heterocycles. The summed E-state index contributed by atoms with van der Waals surface area (Å²) in [6.07, 6.45) is 12.2. The molecule has 1 saturated heterocycles. The van der Waals surface area contributed by atoms with E-state index in [0.29, 0.717) is 12.1 Å². The van der Waals surface area contributed by atoms with Gasteiger partial charge in [-0.05, 0) is 25.0 Å². The van der Waals surface area contributed by atoms with Crippen LogP contribution in [0.15, 0.2) is 42.6 Å². The number of carbonyl (C=O) groups excluding carboxylic acids is 2. The second-order valence-electron chi connectivity index (χ2n) is 6.80. The lowest BCUT2D eigenvalue weighted by molar-refractivity contribution is -0.121. The molecule has 2 aliphatic rings. The molecule has 1 aliphatic carbocycles. The fourth-order valence-corrected chi connectivity index (χ4v) is 3.55. The summed E-state index contributed by atoms with van der Waals surface area (Å²) in [4.78, 5) is 31.3. The molecule has 0 bridgehead atoms. The Morgan fingerprint density at radius 3 is 2.69 bits per heavy atom. The number of nitrogens with two attached hydrogens (primary N) is 2. The molecule has 2 heterocycles. The zero-order valence-corrected chi connectivity index (χ0v) is 14.7. The van der Waals surface area contributed by atoms with Crippen molar-refractivity contribution >= 4 is 18.1 Å². The first kappa shape index (κ1) is 18.1. The second kappa shape index (κ2) is 8.14. The lowest BCUT2D eigenvalue weighted by Crippen LogP contribution is -2.48. The van der Waals surface area contributed by atoms with Gasteiger partial charge in [0.25, 0.3) is 0 Å². The molecule has 1 aromatic heterocycles. The Kier molecular flexibility index (Phi) is 5.68. The molecule has 0 radical (unpaired) electrons. The summed E-state index contributed by atoms with van der Waals surface area (Å²) in [5.74, 6) is 0.443. The van der Waals surface area contributed by atoms with Crippen molar-refractivity contribution in [1.29, 1.82) is 0 Å². The van der Waals surface area contributed by atoms with Gasteiger partial charge in [-0.15, -0.1) is 0 Å². The monoisotopic (exact) mass is 355 g/mol. The molecule has 1 fully saturated rings. The van der Waals surface area contributed by atoms with Gasteiger partial charge in [-0.2, -0.15) is 0 Å². The van der Waals surface area contributed by atoms with E-state index in [1.807, 2.05) is 23.1 Å². The number of anilines is 1. The quantitative estimate of drug-likeness (QED) is 0.730. The third-order valence-corrected chi connectivity index (χ3v) is 5.14. The SMILES string of the molecule is NC(=O)c1ccnc(N2CCC(N(C=O)CC3C=CC=CC3N)CC2)c1. The van der Waals surface area contributed by atoms with Gasteiger partial charge in [0.1, 0.15) is 5.82 Å². The minimum atomic E-state index is -0.457. The van der Waals surface area contributed by atoms with E-state index in [-0.39, 0.29) is 18.0 Å². The van der Waals surface area contributed by atoms with Gasteiger partial charge in [0.05, 0.1) is 0 Å². The Labute approximate surface area is 153 Å². The van der Waals surface area contributed by atoms with E-state index in [2.05, 4.69) is 16.0 Å². The number of carbonyl (C=O) groups is 2. The standard InChI is InChI=1S/C19H25N5O2/c20-17-4-2-1-3-15(17)12-24(13-25)16-6-9-23(10-7-16)18-11-14(19(21)26)5-8-22-18/h1-5,8,11,13,15-17H,6-7,9-10,12,20H2,(H2,21,26). The maximum absolute atomic E-state index is 11.6. The molecule has 0 saturated carbocycles. The Morgan fingerprint density at radius 2 is 2.04 bits per heavy atom. The Morgan fingerprint density at radius 1 is 1.31 bits per heavy atom. The summed E-state index contributed by atoms with van der Waals surface area (Å²) in [5, 5.41) is 0. The summed E-state index contributed by atoms with van der Waals surface area (Å²) in [6, 6.07) is 3.47. The van der Waals surface area contributed by atoms with Crippen LogP contribution in [0.25, 0.3) is 0 Å². The van der Waals surface area contributed by atoms with Crippen molar-refractivity contribution in [2.75, 3.05) is 24.5 Å². The van der Waals surface area contributed by atoms with E-state index in [1.54, 1.807) is 18.3 Å². The largest absolute Gasteiger partial charge is 0.366 e. The maximum Gasteiger partial charge on any atom is 0.248 e. The van der Waals surface area contributed by atoms with Gasteiger partial charge in [-0.1, -0.05) is 24.3 Å². The fourth-order valence-electron chi connectivity index (χ4n) is 3.55. The minimum absolute atomic E-state index is 0.0525. The molecule has 0 spiro atoms. The van der Waals surface area contributed by atoms with Crippen LogP contribution in [0, 0.1) is 5.92 Å². The first-order valence-corrected chi connectivity index (χ1v) is 8.91. The number of nitrogens with zero attached hydrogens (tertiary/aromatic N) is 3. The van der Waals surface area contributed by atoms with Crippen molar-refractivity contribution in [3.63, 3.8) is 0 Å². The van der Waals surface area contributed by atoms with Crippen molar-refractivity contribution in [2.24, 2.45) is 17.4 Å². The number of rotatable bonds is 6. The Balaban J connectivity index is 1.59. The van der Waals surface area contributed by atoms with Crippen LogP contribution in [0.5, 0.6) is 0 Å². The number of piperidine rings is 1. The molecule has 1 aromatic rings. The second-order valence-corrected chi connectivity index (χ2v) is 6.80. The summed E-state index contributed by atoms with van der Waals surface area (Å²) in [7, 11) is 0. The normalized spacial score (nSPS) is 23.0. The molecular weight excluding hydrogens is 330 g/mol. The summed E-state index contributed by atoms with van der Waals surface area (Å²) >= 11 is 0. The Bertz CT molecular complexity index is 710. The molecule has 138 valence electrons.